The number of hydrogen-bond donors (Lipinski definition) is 0. The second-order valence-corrected chi connectivity index (χ2v) is 3.88. The van der Waals surface area contributed by atoms with E-state index in [-0.39, 0.29) is 6.10 Å². The van der Waals surface area contributed by atoms with Gasteiger partial charge in [-0.05, 0) is 32.1 Å². The SMILES string of the molecule is O=CC1(C2CCCCO2)CCCO1. The molecule has 3 heteroatoms. The second-order valence-electron chi connectivity index (χ2n) is 3.88. The zero-order valence-corrected chi connectivity index (χ0v) is 7.83. The van der Waals surface area contributed by atoms with Crippen LogP contribution in [-0.4, -0.2) is 31.2 Å². The number of rotatable bonds is 2. The van der Waals surface area contributed by atoms with Gasteiger partial charge in [0.05, 0.1) is 6.10 Å². The van der Waals surface area contributed by atoms with Gasteiger partial charge in [-0.25, -0.2) is 0 Å². The highest BCUT2D eigenvalue weighted by molar-refractivity contribution is 5.64. The number of carbonyl (C=O) groups is 1. The van der Waals surface area contributed by atoms with Crippen molar-refractivity contribution in [3.8, 4) is 0 Å². The normalized spacial score (nSPS) is 40.5. The molecule has 0 spiro atoms. The molecule has 74 valence electrons. The fraction of sp³-hybridized carbons (Fsp3) is 0.900. The van der Waals surface area contributed by atoms with Gasteiger partial charge in [-0.2, -0.15) is 0 Å². The van der Waals surface area contributed by atoms with Crippen LogP contribution in [0.5, 0.6) is 0 Å². The molecule has 0 N–H and O–H groups in total. The molecule has 0 aliphatic carbocycles. The standard InChI is InChI=1S/C10H16O3/c11-8-10(5-3-7-13-10)9-4-1-2-6-12-9/h8-9H,1-7H2. The smallest absolute Gasteiger partial charge is 0.154 e. The Bertz CT molecular complexity index is 179. The summed E-state index contributed by atoms with van der Waals surface area (Å²) in [5.41, 5.74) is -0.597. The van der Waals surface area contributed by atoms with Crippen LogP contribution in [0.15, 0.2) is 0 Å². The van der Waals surface area contributed by atoms with E-state index in [0.29, 0.717) is 6.61 Å². The summed E-state index contributed by atoms with van der Waals surface area (Å²) in [5, 5.41) is 0. The van der Waals surface area contributed by atoms with E-state index in [1.807, 2.05) is 0 Å². The van der Waals surface area contributed by atoms with Crippen molar-refractivity contribution in [2.75, 3.05) is 13.2 Å². The van der Waals surface area contributed by atoms with Gasteiger partial charge in [0, 0.05) is 13.2 Å². The van der Waals surface area contributed by atoms with E-state index in [2.05, 4.69) is 0 Å². The van der Waals surface area contributed by atoms with E-state index in [4.69, 9.17) is 9.47 Å². The third-order valence-corrected chi connectivity index (χ3v) is 3.01. The molecule has 2 aliphatic heterocycles. The summed E-state index contributed by atoms with van der Waals surface area (Å²) < 4.78 is 11.1. The van der Waals surface area contributed by atoms with Crippen molar-refractivity contribution in [3.05, 3.63) is 0 Å². The first-order chi connectivity index (χ1) is 6.37. The summed E-state index contributed by atoms with van der Waals surface area (Å²) in [6.07, 6.45) is 6.03. The highest BCUT2D eigenvalue weighted by Crippen LogP contribution is 2.33. The number of aldehydes is 1. The van der Waals surface area contributed by atoms with Gasteiger partial charge in [-0.15, -0.1) is 0 Å². The van der Waals surface area contributed by atoms with Crippen LogP contribution in [-0.2, 0) is 14.3 Å². The van der Waals surface area contributed by atoms with Crippen LogP contribution in [0.4, 0.5) is 0 Å². The molecule has 0 saturated carbocycles. The Morgan fingerprint density at radius 3 is 2.69 bits per heavy atom. The Balaban J connectivity index is 2.05. The zero-order valence-electron chi connectivity index (χ0n) is 7.83. The number of hydrogen-bond acceptors (Lipinski definition) is 3. The van der Waals surface area contributed by atoms with Crippen LogP contribution in [0.2, 0.25) is 0 Å². The van der Waals surface area contributed by atoms with Gasteiger partial charge in [0.1, 0.15) is 5.60 Å². The molecule has 0 amide bonds. The molecular formula is C10H16O3. The maximum Gasteiger partial charge on any atom is 0.154 e. The molecule has 0 radical (unpaired) electrons. The van der Waals surface area contributed by atoms with E-state index in [1.54, 1.807) is 0 Å². The lowest BCUT2D eigenvalue weighted by Gasteiger charge is -2.34. The molecule has 0 aromatic carbocycles. The van der Waals surface area contributed by atoms with Crippen LogP contribution in [0.1, 0.15) is 32.1 Å². The van der Waals surface area contributed by atoms with Crippen molar-refractivity contribution in [1.82, 2.24) is 0 Å². The maximum atomic E-state index is 11.0. The minimum absolute atomic E-state index is 0.0150. The van der Waals surface area contributed by atoms with Crippen LogP contribution >= 0.6 is 0 Å². The quantitative estimate of drug-likeness (QED) is 0.607. The fourth-order valence-electron chi connectivity index (χ4n) is 2.23. The second kappa shape index (κ2) is 3.76. The Morgan fingerprint density at radius 2 is 2.15 bits per heavy atom. The van der Waals surface area contributed by atoms with Crippen molar-refractivity contribution < 1.29 is 14.3 Å². The van der Waals surface area contributed by atoms with Crippen molar-refractivity contribution in [2.24, 2.45) is 0 Å². The molecular weight excluding hydrogens is 168 g/mol. The zero-order chi connectivity index (χ0) is 9.15. The van der Waals surface area contributed by atoms with E-state index in [0.717, 1.165) is 45.0 Å². The minimum atomic E-state index is -0.597. The third kappa shape index (κ3) is 1.63. The van der Waals surface area contributed by atoms with Crippen LogP contribution < -0.4 is 0 Å². The van der Waals surface area contributed by atoms with Gasteiger partial charge in [0.15, 0.2) is 6.29 Å². The summed E-state index contributed by atoms with van der Waals surface area (Å²) in [4.78, 5) is 11.0. The van der Waals surface area contributed by atoms with Crippen LogP contribution in [0.3, 0.4) is 0 Å². The molecule has 13 heavy (non-hydrogen) atoms. The van der Waals surface area contributed by atoms with Crippen molar-refractivity contribution in [2.45, 2.75) is 43.8 Å². The monoisotopic (exact) mass is 184 g/mol. The summed E-state index contributed by atoms with van der Waals surface area (Å²) in [6, 6.07) is 0. The molecule has 2 fully saturated rings. The lowest BCUT2D eigenvalue weighted by Crippen LogP contribution is -2.46. The lowest BCUT2D eigenvalue weighted by atomic mass is 9.90. The van der Waals surface area contributed by atoms with E-state index in [1.165, 1.54) is 0 Å². The number of ether oxygens (including phenoxy) is 2. The maximum absolute atomic E-state index is 11.0. The average Bonchev–Trinajstić information content (AvgIpc) is 2.69. The van der Waals surface area contributed by atoms with Crippen molar-refractivity contribution in [1.29, 1.82) is 0 Å². The van der Waals surface area contributed by atoms with Crippen LogP contribution in [0, 0.1) is 0 Å². The number of carbonyl (C=O) groups excluding carboxylic acids is 1. The lowest BCUT2D eigenvalue weighted by molar-refractivity contribution is -0.153. The molecule has 3 nitrogen and oxygen atoms in total. The average molecular weight is 184 g/mol. The summed E-state index contributed by atoms with van der Waals surface area (Å²) in [7, 11) is 0. The van der Waals surface area contributed by atoms with Gasteiger partial charge in [-0.3, -0.25) is 0 Å². The van der Waals surface area contributed by atoms with Gasteiger partial charge in [0.2, 0.25) is 0 Å². The predicted octanol–water partition coefficient (Wildman–Crippen LogP) is 1.30. The fourth-order valence-corrected chi connectivity index (χ4v) is 2.23. The molecule has 2 unspecified atom stereocenters. The van der Waals surface area contributed by atoms with Crippen LogP contribution in [0.25, 0.3) is 0 Å². The third-order valence-electron chi connectivity index (χ3n) is 3.01. The van der Waals surface area contributed by atoms with Gasteiger partial charge >= 0.3 is 0 Å². The first kappa shape index (κ1) is 9.16. The van der Waals surface area contributed by atoms with Crippen molar-refractivity contribution >= 4 is 6.29 Å². The molecule has 0 aromatic heterocycles. The first-order valence-corrected chi connectivity index (χ1v) is 5.09. The molecule has 2 saturated heterocycles. The Morgan fingerprint density at radius 1 is 1.23 bits per heavy atom. The highest BCUT2D eigenvalue weighted by atomic mass is 16.6. The van der Waals surface area contributed by atoms with Gasteiger partial charge in [0.25, 0.3) is 0 Å². The van der Waals surface area contributed by atoms with E-state index < -0.39 is 5.60 Å². The largest absolute Gasteiger partial charge is 0.375 e. The summed E-state index contributed by atoms with van der Waals surface area (Å²) >= 11 is 0. The molecule has 2 aliphatic rings. The first-order valence-electron chi connectivity index (χ1n) is 5.09. The molecule has 0 bridgehead atoms. The molecule has 2 atom stereocenters. The summed E-state index contributed by atoms with van der Waals surface area (Å²) in [6.45, 7) is 1.49. The summed E-state index contributed by atoms with van der Waals surface area (Å²) in [5.74, 6) is 0. The Labute approximate surface area is 78.4 Å². The van der Waals surface area contributed by atoms with E-state index in [9.17, 15) is 4.79 Å². The van der Waals surface area contributed by atoms with Gasteiger partial charge in [-0.1, -0.05) is 0 Å². The molecule has 0 aromatic rings. The molecule has 2 rings (SSSR count). The highest BCUT2D eigenvalue weighted by Gasteiger charge is 2.44. The minimum Gasteiger partial charge on any atom is -0.375 e. The van der Waals surface area contributed by atoms with Crippen molar-refractivity contribution in [3.63, 3.8) is 0 Å². The van der Waals surface area contributed by atoms with E-state index >= 15 is 0 Å². The Hall–Kier alpha value is -0.410. The topological polar surface area (TPSA) is 35.5 Å². The Kier molecular flexibility index (Phi) is 2.65. The molecule has 2 heterocycles. The van der Waals surface area contributed by atoms with Gasteiger partial charge < -0.3 is 14.3 Å². The predicted molar refractivity (Wildman–Crippen MR) is 47.6 cm³/mol.